The molecule has 152 valence electrons. The first-order chi connectivity index (χ1) is 13.1. The van der Waals surface area contributed by atoms with Crippen LogP contribution in [0.25, 0.3) is 11.3 Å². The molecule has 1 N–H and O–H groups in total. The summed E-state index contributed by atoms with van der Waals surface area (Å²) in [7, 11) is 0. The first-order valence-electron chi connectivity index (χ1n) is 8.86. The SMILES string of the molecule is CC(C)(C)OC(=O)N1CC(OC(F)F)CC1c1ncc(-c2ccc(Br)cc2)[nH]1. The maximum atomic E-state index is 12.7. The van der Waals surface area contributed by atoms with E-state index in [1.165, 1.54) is 4.90 Å². The van der Waals surface area contributed by atoms with Gasteiger partial charge >= 0.3 is 12.7 Å². The molecule has 2 unspecified atom stereocenters. The normalized spacial score (nSPS) is 20.0. The van der Waals surface area contributed by atoms with Crippen LogP contribution in [0.4, 0.5) is 13.6 Å². The van der Waals surface area contributed by atoms with E-state index in [2.05, 4.69) is 30.6 Å². The fourth-order valence-corrected chi connectivity index (χ4v) is 3.37. The van der Waals surface area contributed by atoms with Crippen LogP contribution in [-0.2, 0) is 9.47 Å². The minimum absolute atomic E-state index is 0.0121. The lowest BCUT2D eigenvalue weighted by molar-refractivity contribution is -0.158. The third kappa shape index (κ3) is 5.08. The van der Waals surface area contributed by atoms with Crippen LogP contribution in [0.5, 0.6) is 0 Å². The Labute approximate surface area is 170 Å². The number of H-pyrrole nitrogens is 1. The maximum absolute atomic E-state index is 12.7. The summed E-state index contributed by atoms with van der Waals surface area (Å²) in [6, 6.07) is 7.12. The molecule has 2 heterocycles. The molecule has 9 heteroatoms. The minimum atomic E-state index is -2.90. The molecule has 0 bridgehead atoms. The van der Waals surface area contributed by atoms with Crippen molar-refractivity contribution in [3.63, 3.8) is 0 Å². The van der Waals surface area contributed by atoms with Crippen molar-refractivity contribution in [2.75, 3.05) is 6.54 Å². The Kier molecular flexibility index (Phi) is 6.04. The average molecular weight is 458 g/mol. The Hall–Kier alpha value is -2.00. The molecule has 0 spiro atoms. The Morgan fingerprint density at radius 1 is 1.32 bits per heavy atom. The summed E-state index contributed by atoms with van der Waals surface area (Å²) in [6.07, 6.45) is 0.488. The number of carbonyl (C=O) groups is 1. The van der Waals surface area contributed by atoms with Crippen LogP contribution in [0, 0.1) is 0 Å². The molecule has 28 heavy (non-hydrogen) atoms. The molecule has 3 rings (SSSR count). The lowest BCUT2D eigenvalue weighted by Gasteiger charge is -2.27. The molecule has 1 saturated heterocycles. The van der Waals surface area contributed by atoms with Crippen LogP contribution in [0.3, 0.4) is 0 Å². The number of nitrogens with zero attached hydrogens (tertiary/aromatic N) is 2. The molecule has 6 nitrogen and oxygen atoms in total. The largest absolute Gasteiger partial charge is 0.444 e. The second kappa shape index (κ2) is 8.16. The standard InChI is InChI=1S/C19H22BrF2N3O3/c1-19(2,3)28-18(26)25-10-13(27-17(21)22)8-15(25)16-23-9-14(24-16)11-4-6-12(20)7-5-11/h4-7,9,13,15,17H,8,10H2,1-3H3,(H,23,24). The van der Waals surface area contributed by atoms with E-state index < -0.39 is 30.5 Å². The number of benzene rings is 1. The first kappa shape index (κ1) is 20.7. The number of aromatic amines is 1. The van der Waals surface area contributed by atoms with Crippen LogP contribution in [0.2, 0.25) is 0 Å². The second-order valence-corrected chi connectivity index (χ2v) is 8.51. The zero-order valence-corrected chi connectivity index (χ0v) is 17.4. The van der Waals surface area contributed by atoms with Gasteiger partial charge in [0.05, 0.1) is 30.6 Å². The molecule has 2 atom stereocenters. The van der Waals surface area contributed by atoms with Crippen LogP contribution >= 0.6 is 15.9 Å². The lowest BCUT2D eigenvalue weighted by Crippen LogP contribution is -2.37. The minimum Gasteiger partial charge on any atom is -0.444 e. The molecule has 1 aromatic heterocycles. The summed E-state index contributed by atoms with van der Waals surface area (Å²) in [5.74, 6) is 0.504. The highest BCUT2D eigenvalue weighted by molar-refractivity contribution is 9.10. The molecular formula is C19H22BrF2N3O3. The number of likely N-dealkylation sites (tertiary alicyclic amines) is 1. The quantitative estimate of drug-likeness (QED) is 0.690. The van der Waals surface area contributed by atoms with Crippen molar-refractivity contribution >= 4 is 22.0 Å². The van der Waals surface area contributed by atoms with E-state index >= 15 is 0 Å². The maximum Gasteiger partial charge on any atom is 0.411 e. The number of hydrogen-bond acceptors (Lipinski definition) is 4. The topological polar surface area (TPSA) is 67.4 Å². The number of imidazole rings is 1. The van der Waals surface area contributed by atoms with Gasteiger partial charge in [-0.05, 0) is 38.5 Å². The Bertz CT molecular complexity index is 821. The van der Waals surface area contributed by atoms with Gasteiger partial charge in [0.25, 0.3) is 0 Å². The van der Waals surface area contributed by atoms with E-state index in [1.807, 2.05) is 24.3 Å². The summed E-state index contributed by atoms with van der Waals surface area (Å²) in [6.45, 7) is 2.36. The van der Waals surface area contributed by atoms with Gasteiger partial charge in [-0.15, -0.1) is 0 Å². The van der Waals surface area contributed by atoms with E-state index in [0.717, 1.165) is 15.7 Å². The van der Waals surface area contributed by atoms with Gasteiger partial charge in [0.2, 0.25) is 0 Å². The lowest BCUT2D eigenvalue weighted by atomic mass is 10.1. The van der Waals surface area contributed by atoms with Gasteiger partial charge in [-0.1, -0.05) is 28.1 Å². The van der Waals surface area contributed by atoms with E-state index in [1.54, 1.807) is 27.0 Å². The van der Waals surface area contributed by atoms with Gasteiger partial charge < -0.3 is 14.5 Å². The molecule has 1 aliphatic heterocycles. The van der Waals surface area contributed by atoms with Crippen LogP contribution in [-0.4, -0.2) is 45.8 Å². The van der Waals surface area contributed by atoms with Gasteiger partial charge in [0.15, 0.2) is 0 Å². The van der Waals surface area contributed by atoms with Crippen LogP contribution < -0.4 is 0 Å². The molecule has 0 saturated carbocycles. The highest BCUT2D eigenvalue weighted by Gasteiger charge is 2.41. The molecule has 0 radical (unpaired) electrons. The van der Waals surface area contributed by atoms with Crippen molar-refractivity contribution < 1.29 is 23.0 Å². The molecule has 2 aromatic rings. The highest BCUT2D eigenvalue weighted by Crippen LogP contribution is 2.35. The first-order valence-corrected chi connectivity index (χ1v) is 9.66. The average Bonchev–Trinajstić information content (AvgIpc) is 3.20. The van der Waals surface area contributed by atoms with Crippen molar-refractivity contribution in [2.24, 2.45) is 0 Å². The fraction of sp³-hybridized carbons (Fsp3) is 0.474. The number of rotatable bonds is 4. The van der Waals surface area contributed by atoms with Crippen molar-refractivity contribution in [3.05, 3.63) is 40.8 Å². The fourth-order valence-electron chi connectivity index (χ4n) is 3.11. The molecule has 1 aliphatic rings. The predicted octanol–water partition coefficient (Wildman–Crippen LogP) is 5.13. The predicted molar refractivity (Wildman–Crippen MR) is 103 cm³/mol. The number of aromatic nitrogens is 2. The smallest absolute Gasteiger partial charge is 0.411 e. The summed E-state index contributed by atoms with van der Waals surface area (Å²) in [5.41, 5.74) is 0.990. The van der Waals surface area contributed by atoms with Crippen molar-refractivity contribution in [1.82, 2.24) is 14.9 Å². The summed E-state index contributed by atoms with van der Waals surface area (Å²) in [4.78, 5) is 21.6. The van der Waals surface area contributed by atoms with Crippen LogP contribution in [0.1, 0.15) is 39.1 Å². The van der Waals surface area contributed by atoms with Crippen molar-refractivity contribution in [3.8, 4) is 11.3 Å². The number of carbonyl (C=O) groups excluding carboxylic acids is 1. The molecule has 1 fully saturated rings. The van der Waals surface area contributed by atoms with Crippen molar-refractivity contribution in [2.45, 2.75) is 51.6 Å². The van der Waals surface area contributed by atoms with Gasteiger partial charge in [0.1, 0.15) is 11.4 Å². The van der Waals surface area contributed by atoms with E-state index in [4.69, 9.17) is 4.74 Å². The third-order valence-electron chi connectivity index (χ3n) is 4.25. The van der Waals surface area contributed by atoms with Crippen LogP contribution in [0.15, 0.2) is 34.9 Å². The number of hydrogen-bond donors (Lipinski definition) is 1. The number of amides is 1. The van der Waals surface area contributed by atoms with Gasteiger partial charge in [-0.3, -0.25) is 4.90 Å². The zero-order chi connectivity index (χ0) is 20.5. The second-order valence-electron chi connectivity index (χ2n) is 7.59. The summed E-state index contributed by atoms with van der Waals surface area (Å²) < 4.78 is 36.4. The number of nitrogens with one attached hydrogen (secondary N) is 1. The zero-order valence-electron chi connectivity index (χ0n) is 15.8. The highest BCUT2D eigenvalue weighted by atomic mass is 79.9. The van der Waals surface area contributed by atoms with E-state index in [0.29, 0.717) is 5.82 Å². The molecule has 1 amide bonds. The molecule has 1 aromatic carbocycles. The monoisotopic (exact) mass is 457 g/mol. The van der Waals surface area contributed by atoms with E-state index in [9.17, 15) is 13.6 Å². The number of halogens is 3. The molecule has 0 aliphatic carbocycles. The summed E-state index contributed by atoms with van der Waals surface area (Å²) in [5, 5.41) is 0. The summed E-state index contributed by atoms with van der Waals surface area (Å²) >= 11 is 3.39. The Balaban J connectivity index is 1.84. The number of alkyl halides is 2. The van der Waals surface area contributed by atoms with E-state index in [-0.39, 0.29) is 13.0 Å². The van der Waals surface area contributed by atoms with Gasteiger partial charge in [-0.25, -0.2) is 9.78 Å². The van der Waals surface area contributed by atoms with Gasteiger partial charge in [-0.2, -0.15) is 8.78 Å². The number of ether oxygens (including phenoxy) is 2. The van der Waals surface area contributed by atoms with Gasteiger partial charge in [0, 0.05) is 10.9 Å². The third-order valence-corrected chi connectivity index (χ3v) is 4.78. The van der Waals surface area contributed by atoms with Crippen molar-refractivity contribution in [1.29, 1.82) is 0 Å². The Morgan fingerprint density at radius 2 is 2.00 bits per heavy atom. The molecular weight excluding hydrogens is 436 g/mol. The Morgan fingerprint density at radius 3 is 2.61 bits per heavy atom.